The van der Waals surface area contributed by atoms with Gasteiger partial charge in [0.2, 0.25) is 0 Å². The van der Waals surface area contributed by atoms with Crippen LogP contribution in [0.25, 0.3) is 0 Å². The predicted octanol–water partition coefficient (Wildman–Crippen LogP) is -6.76. The van der Waals surface area contributed by atoms with Crippen LogP contribution < -0.4 is 44.2 Å². The summed E-state index contributed by atoms with van der Waals surface area (Å²) in [4.78, 5) is 111. The van der Waals surface area contributed by atoms with Crippen molar-refractivity contribution < 1.29 is 63.5 Å². The maximum atomic E-state index is 14.5. The van der Waals surface area contributed by atoms with E-state index >= 15 is 0 Å². The van der Waals surface area contributed by atoms with E-state index in [1.165, 1.54) is 23.6 Å². The van der Waals surface area contributed by atoms with Crippen LogP contribution >= 0.6 is 0 Å². The number of hydrogen-bond donors (Lipinski definition) is 12. The van der Waals surface area contributed by atoms with Gasteiger partial charge in [0.15, 0.2) is 0 Å². The molecule has 0 saturated carbocycles. The number of carboxylic acids is 1. The third-order valence-corrected chi connectivity index (χ3v) is 13.2. The van der Waals surface area contributed by atoms with Gasteiger partial charge in [0.25, 0.3) is 0 Å². The van der Waals surface area contributed by atoms with Gasteiger partial charge < -0.3 is 0 Å². The molecule has 7 amide bonds. The van der Waals surface area contributed by atoms with Gasteiger partial charge in [-0.15, -0.1) is 0 Å². The summed E-state index contributed by atoms with van der Waals surface area (Å²) >= 11 is -1.05. The Morgan fingerprint density at radius 3 is 2.03 bits per heavy atom. The number of rotatable bonds is 20. The van der Waals surface area contributed by atoms with E-state index in [9.17, 15) is 58.8 Å². The number of aliphatic hydroxyl groups is 3. The van der Waals surface area contributed by atoms with E-state index in [4.69, 9.17) is 27.7 Å². The molecule has 3 aliphatic rings. The first-order valence-corrected chi connectivity index (χ1v) is 21.5. The van der Waals surface area contributed by atoms with Crippen molar-refractivity contribution in [2.24, 2.45) is 27.9 Å². The number of nitrogens with two attached hydrogens (primary N) is 4. The molecule has 3 saturated heterocycles. The van der Waals surface area contributed by atoms with Gasteiger partial charge in [-0.3, -0.25) is 0 Å². The van der Waals surface area contributed by atoms with Gasteiger partial charge in [-0.05, 0) is 0 Å². The summed E-state index contributed by atoms with van der Waals surface area (Å²) in [5.74, 6) is -7.21. The molecule has 3 fully saturated rings. The average Bonchev–Trinajstić information content (AvgIpc) is 3.87. The molecule has 24 nitrogen and oxygen atoms in total. The molecular weight excluding hydrogens is 861 g/mol. The number of nitrogens with one attached hydrogen (secondary N) is 4. The van der Waals surface area contributed by atoms with E-state index in [2.05, 4.69) is 26.3 Å². The van der Waals surface area contributed by atoms with Gasteiger partial charge in [0, 0.05) is 0 Å². The fourth-order valence-electron chi connectivity index (χ4n) is 7.29. The topological polar surface area (TPSA) is 398 Å². The molecule has 0 aliphatic carbocycles. The van der Waals surface area contributed by atoms with Crippen LogP contribution in [-0.4, -0.2) is 190 Å². The second-order valence-corrected chi connectivity index (χ2v) is 18.1. The number of nitrogens with zero attached hydrogens (tertiary/aromatic N) is 3. The van der Waals surface area contributed by atoms with Crippen molar-refractivity contribution in [1.29, 1.82) is 0 Å². The number of carboxylic acid groups (broad SMARTS) is 1. The van der Waals surface area contributed by atoms with Crippen molar-refractivity contribution >= 4 is 68.2 Å². The number of amides is 7. The Morgan fingerprint density at radius 1 is 0.867 bits per heavy atom. The van der Waals surface area contributed by atoms with Crippen LogP contribution in [0, 0.1) is 0 Å². The number of aliphatic hydroxyl groups excluding tert-OH is 3. The summed E-state index contributed by atoms with van der Waals surface area (Å²) in [7, 11) is 0. The molecule has 338 valence electrons. The van der Waals surface area contributed by atoms with Gasteiger partial charge in [-0.1, -0.05) is 0 Å². The van der Waals surface area contributed by atoms with E-state index < -0.39 is 146 Å². The minimum atomic E-state index is -1.79. The Bertz CT molecular complexity index is 1620. The summed E-state index contributed by atoms with van der Waals surface area (Å²) in [5.41, 5.74) is 22.2. The summed E-state index contributed by atoms with van der Waals surface area (Å²) < 4.78 is 5.89. The molecule has 3 rings (SSSR count). The molecule has 0 aromatic rings. The second-order valence-electron chi connectivity index (χ2n) is 15.0. The van der Waals surface area contributed by atoms with Gasteiger partial charge in [-0.25, -0.2) is 0 Å². The molecule has 0 radical (unpaired) electrons. The van der Waals surface area contributed by atoms with E-state index in [-0.39, 0.29) is 51.3 Å². The molecule has 25 heteroatoms. The number of carbonyl (C=O) groups is 8. The third-order valence-electron chi connectivity index (χ3n) is 10.3. The summed E-state index contributed by atoms with van der Waals surface area (Å²) in [6, 6.07) is -8.96. The Hall–Kier alpha value is -4.65. The molecule has 3 aliphatic heterocycles. The van der Waals surface area contributed by atoms with Crippen LogP contribution in [0.15, 0.2) is 4.99 Å². The number of primary amides is 1. The fourth-order valence-corrected chi connectivity index (χ4v) is 10.2. The SMILES string of the molecule is CC(=O)N[C@@H]1[C@@H](O)[C@@H](O)[C@@H](CO)O[C@@H]1[Se][C@H](C)[C@H](NC(=O)[C@H](CC(=O)O)NC(=O)[C@@H]1CCCN1C(=O)[C@H](C)N)C(=O)N[C@@H](CCCN=C(N)N)C(=O)N1CCC[C@H]1C(N)=O. The minimum absolute atomic E-state index is 0.0510. The van der Waals surface area contributed by atoms with Crippen molar-refractivity contribution in [3.8, 4) is 0 Å². The van der Waals surface area contributed by atoms with Crippen LogP contribution in [0.4, 0.5) is 0 Å². The van der Waals surface area contributed by atoms with Gasteiger partial charge >= 0.3 is 353 Å². The predicted molar refractivity (Wildman–Crippen MR) is 211 cm³/mol. The summed E-state index contributed by atoms with van der Waals surface area (Å²) in [6.45, 7) is 3.76. The first kappa shape index (κ1) is 49.7. The first-order valence-electron chi connectivity index (χ1n) is 19.6. The molecule has 0 aromatic heterocycles. The number of aliphatic imine (C=N–C) groups is 1. The molecule has 12 atom stereocenters. The van der Waals surface area contributed by atoms with Crippen LogP contribution in [0.2, 0.25) is 4.82 Å². The fraction of sp³-hybridized carbons (Fsp3) is 0.743. The molecule has 3 heterocycles. The molecule has 0 aromatic carbocycles. The Morgan fingerprint density at radius 2 is 1.48 bits per heavy atom. The molecule has 0 unspecified atom stereocenters. The Balaban J connectivity index is 2.01. The summed E-state index contributed by atoms with van der Waals surface area (Å²) in [5, 5.41) is 50.1. The maximum absolute atomic E-state index is 14.5. The van der Waals surface area contributed by atoms with Gasteiger partial charge in [0.05, 0.1) is 0 Å². The number of ether oxygens (including phenoxy) is 1. The van der Waals surface area contributed by atoms with Crippen molar-refractivity contribution in [2.45, 2.75) is 136 Å². The summed E-state index contributed by atoms with van der Waals surface area (Å²) in [6.07, 6.45) is -4.03. The standard InChI is InChI=1S/C35H59N11O13Se/c1-15(36)32(57)46-12-6-9-21(46)30(55)43-19(13-23(49)50)29(54)44-24(16(2)60-34-25(41-17(3)48)27(52)26(51)22(14-47)59-34)31(56)42-18(7-4-10-40-35(38)39)33(58)45-11-5-8-20(45)28(37)53/h15-16,18-22,24-27,34,47,51-52H,4-14,36H2,1-3H3,(H2,37,53)(H,41,48)(H,42,56)(H,43,55)(H,44,54)(H,49,50)(H4,38,39,40)/t15-,16+,18-,19-,20-,21-,22+,24-,25+,26-,27+,34+/m0/s1. The van der Waals surface area contributed by atoms with Crippen molar-refractivity contribution in [3.63, 3.8) is 0 Å². The zero-order chi connectivity index (χ0) is 45.0. The Kier molecular flexibility index (Phi) is 18.9. The number of guanidine groups is 1. The van der Waals surface area contributed by atoms with Crippen LogP contribution in [-0.2, 0) is 43.1 Å². The number of likely N-dealkylation sites (tertiary alicyclic amines) is 2. The normalized spacial score (nSPS) is 26.4. The molecule has 60 heavy (non-hydrogen) atoms. The molecule has 0 spiro atoms. The van der Waals surface area contributed by atoms with Crippen molar-refractivity contribution in [3.05, 3.63) is 0 Å². The number of hydrogen-bond acceptors (Lipinski definition) is 14. The van der Waals surface area contributed by atoms with E-state index in [0.29, 0.717) is 12.8 Å². The van der Waals surface area contributed by atoms with E-state index in [1.54, 1.807) is 0 Å². The molecule has 16 N–H and O–H groups in total. The zero-order valence-electron chi connectivity index (χ0n) is 33.7. The Labute approximate surface area is 352 Å². The monoisotopic (exact) mass is 921 g/mol. The van der Waals surface area contributed by atoms with Crippen molar-refractivity contribution in [2.75, 3.05) is 26.2 Å². The van der Waals surface area contributed by atoms with Crippen LogP contribution in [0.1, 0.15) is 65.7 Å². The van der Waals surface area contributed by atoms with Crippen molar-refractivity contribution in [1.82, 2.24) is 31.1 Å². The third kappa shape index (κ3) is 13.4. The van der Waals surface area contributed by atoms with Crippen LogP contribution in [0.3, 0.4) is 0 Å². The van der Waals surface area contributed by atoms with Gasteiger partial charge in [0.1, 0.15) is 0 Å². The average molecular weight is 921 g/mol. The molecular formula is C35H59N11O13Se. The number of aliphatic carboxylic acids is 1. The first-order chi connectivity index (χ1) is 28.2. The second kappa shape index (κ2) is 22.8. The quantitative estimate of drug-likeness (QED) is 0.0234. The number of carbonyl (C=O) groups excluding carboxylic acids is 7. The zero-order valence-corrected chi connectivity index (χ0v) is 35.4. The molecule has 0 bridgehead atoms. The van der Waals surface area contributed by atoms with Gasteiger partial charge in [-0.2, -0.15) is 0 Å². The van der Waals surface area contributed by atoms with E-state index in [0.717, 1.165) is 6.92 Å². The van der Waals surface area contributed by atoms with E-state index in [1.807, 2.05) is 0 Å². The van der Waals surface area contributed by atoms with Crippen LogP contribution in [0.5, 0.6) is 0 Å².